The first-order valence-corrected chi connectivity index (χ1v) is 10.1. The van der Waals surface area contributed by atoms with Crippen molar-refractivity contribution in [2.24, 2.45) is 0 Å². The van der Waals surface area contributed by atoms with E-state index in [4.69, 9.17) is 4.74 Å². The Morgan fingerprint density at radius 2 is 1.83 bits per heavy atom. The smallest absolute Gasteiger partial charge is 0.181 e. The quantitative estimate of drug-likeness (QED) is 0.557. The minimum Gasteiger partial charge on any atom is -0.508 e. The van der Waals surface area contributed by atoms with Crippen molar-refractivity contribution in [3.8, 4) is 23.0 Å². The van der Waals surface area contributed by atoms with Crippen molar-refractivity contribution in [1.82, 2.24) is 0 Å². The van der Waals surface area contributed by atoms with Gasteiger partial charge in [-0.15, -0.1) is 0 Å². The van der Waals surface area contributed by atoms with Gasteiger partial charge in [0.1, 0.15) is 35.2 Å². The lowest BCUT2D eigenvalue weighted by molar-refractivity contribution is 0.0892. The number of phenols is 3. The van der Waals surface area contributed by atoms with Crippen molar-refractivity contribution >= 4 is 5.78 Å². The van der Waals surface area contributed by atoms with E-state index >= 15 is 0 Å². The first-order valence-electron chi connectivity index (χ1n) is 10.1. The lowest BCUT2D eigenvalue weighted by Gasteiger charge is -2.25. The summed E-state index contributed by atoms with van der Waals surface area (Å²) in [6.45, 7) is 6.35. The molecule has 5 heteroatoms. The fourth-order valence-electron chi connectivity index (χ4n) is 3.58. The molecule has 1 heterocycles. The topological polar surface area (TPSA) is 87.0 Å². The van der Waals surface area contributed by atoms with Crippen molar-refractivity contribution in [1.29, 1.82) is 0 Å². The Balaban J connectivity index is 1.80. The molecule has 0 unspecified atom stereocenters. The van der Waals surface area contributed by atoms with Crippen LogP contribution in [0.1, 0.15) is 61.0 Å². The molecule has 0 spiro atoms. The number of Topliss-reactive ketones (excluding diaryl/α,β-unsaturated/α-hetero) is 1. The zero-order chi connectivity index (χ0) is 21.8. The van der Waals surface area contributed by atoms with Gasteiger partial charge in [-0.2, -0.15) is 0 Å². The Bertz CT molecular complexity index is 1010. The lowest BCUT2D eigenvalue weighted by atomic mass is 9.87. The van der Waals surface area contributed by atoms with Crippen LogP contribution in [-0.2, 0) is 6.42 Å². The number of rotatable bonds is 6. The van der Waals surface area contributed by atoms with E-state index in [9.17, 15) is 20.1 Å². The molecule has 0 saturated carbocycles. The molecule has 0 fully saturated rings. The van der Waals surface area contributed by atoms with Gasteiger partial charge in [0, 0.05) is 12.1 Å². The minimum atomic E-state index is -0.588. The van der Waals surface area contributed by atoms with Gasteiger partial charge in [0.15, 0.2) is 5.78 Å². The van der Waals surface area contributed by atoms with E-state index in [2.05, 4.69) is 32.9 Å². The van der Waals surface area contributed by atoms with Gasteiger partial charge in [0.25, 0.3) is 0 Å². The number of carbonyl (C=O) groups excluding carboxylic acids is 1. The largest absolute Gasteiger partial charge is 0.508 e. The second kappa shape index (κ2) is 9.08. The van der Waals surface area contributed by atoms with E-state index in [1.54, 1.807) is 12.1 Å². The standard InChI is InChI=1S/C25H28O5/c1-15(2)5-4-6-16(3)7-8-18-11-17(9-10-21(18)27)20-14-30-23-13-19(26)12-22(28)24(23)25(20)29/h5,7,9-13,20,26-28H,4,6,8,14H2,1-3H3/b16-7+/t20-/m1/s1. The van der Waals surface area contributed by atoms with Gasteiger partial charge in [-0.25, -0.2) is 0 Å². The van der Waals surface area contributed by atoms with Crippen molar-refractivity contribution in [2.45, 2.75) is 46.0 Å². The number of fused-ring (bicyclic) bond motifs is 1. The third-order valence-electron chi connectivity index (χ3n) is 5.30. The van der Waals surface area contributed by atoms with E-state index in [-0.39, 0.29) is 41.0 Å². The van der Waals surface area contributed by atoms with Crippen LogP contribution in [0.2, 0.25) is 0 Å². The molecule has 3 rings (SSSR count). The molecule has 0 bridgehead atoms. The molecule has 3 N–H and O–H groups in total. The van der Waals surface area contributed by atoms with Crippen LogP contribution >= 0.6 is 0 Å². The number of ketones is 1. The van der Waals surface area contributed by atoms with Crippen molar-refractivity contribution < 1.29 is 24.9 Å². The maximum absolute atomic E-state index is 13.0. The number of allylic oxidation sites excluding steroid dienone is 4. The summed E-state index contributed by atoms with van der Waals surface area (Å²) in [5, 5.41) is 30.0. The molecule has 1 aliphatic heterocycles. The third-order valence-corrected chi connectivity index (χ3v) is 5.30. The Labute approximate surface area is 177 Å². The van der Waals surface area contributed by atoms with Gasteiger partial charge in [0.2, 0.25) is 0 Å². The highest BCUT2D eigenvalue weighted by atomic mass is 16.5. The van der Waals surface area contributed by atoms with Gasteiger partial charge in [-0.1, -0.05) is 35.4 Å². The predicted molar refractivity (Wildman–Crippen MR) is 117 cm³/mol. The van der Waals surface area contributed by atoms with Crippen LogP contribution in [-0.4, -0.2) is 27.7 Å². The monoisotopic (exact) mass is 408 g/mol. The van der Waals surface area contributed by atoms with Crippen LogP contribution in [0.5, 0.6) is 23.0 Å². The van der Waals surface area contributed by atoms with Gasteiger partial charge >= 0.3 is 0 Å². The van der Waals surface area contributed by atoms with Crippen LogP contribution in [0.25, 0.3) is 0 Å². The molecule has 1 atom stereocenters. The Kier molecular flexibility index (Phi) is 6.50. The van der Waals surface area contributed by atoms with Crippen LogP contribution in [0, 0.1) is 0 Å². The van der Waals surface area contributed by atoms with Crippen molar-refractivity contribution in [3.05, 3.63) is 70.3 Å². The molecular formula is C25H28O5. The minimum absolute atomic E-state index is 0.0775. The molecule has 2 aromatic carbocycles. The van der Waals surface area contributed by atoms with Gasteiger partial charge in [0.05, 0.1) is 5.92 Å². The first-order chi connectivity index (χ1) is 14.3. The second-order valence-corrected chi connectivity index (χ2v) is 8.03. The average molecular weight is 408 g/mol. The number of carbonyl (C=O) groups is 1. The first kappa shape index (κ1) is 21.5. The van der Waals surface area contributed by atoms with Crippen molar-refractivity contribution in [2.75, 3.05) is 6.61 Å². The molecule has 158 valence electrons. The van der Waals surface area contributed by atoms with E-state index in [0.717, 1.165) is 30.0 Å². The number of hydrogen-bond donors (Lipinski definition) is 3. The van der Waals surface area contributed by atoms with E-state index in [1.807, 2.05) is 6.07 Å². The highest BCUT2D eigenvalue weighted by molar-refractivity contribution is 6.06. The van der Waals surface area contributed by atoms with Gasteiger partial charge < -0.3 is 20.1 Å². The maximum Gasteiger partial charge on any atom is 0.181 e. The summed E-state index contributed by atoms with van der Waals surface area (Å²) in [6, 6.07) is 7.58. The number of phenolic OH excluding ortho intramolecular Hbond substituents is 3. The number of benzene rings is 2. The fraction of sp³-hybridized carbons (Fsp3) is 0.320. The summed E-state index contributed by atoms with van der Waals surface area (Å²) in [7, 11) is 0. The molecule has 2 aromatic rings. The Morgan fingerprint density at radius 1 is 1.07 bits per heavy atom. The normalized spacial score (nSPS) is 16.0. The Morgan fingerprint density at radius 3 is 2.57 bits per heavy atom. The summed E-state index contributed by atoms with van der Waals surface area (Å²) in [6.07, 6.45) is 6.82. The van der Waals surface area contributed by atoms with Gasteiger partial charge in [-0.05, 0) is 57.2 Å². The van der Waals surface area contributed by atoms with Crippen molar-refractivity contribution in [3.63, 3.8) is 0 Å². The summed E-state index contributed by atoms with van der Waals surface area (Å²) in [5.74, 6) is -0.939. The van der Waals surface area contributed by atoms with Gasteiger partial charge in [-0.3, -0.25) is 4.79 Å². The lowest BCUT2D eigenvalue weighted by Crippen LogP contribution is -2.26. The summed E-state index contributed by atoms with van der Waals surface area (Å²) in [5.41, 5.74) is 4.08. The molecule has 5 nitrogen and oxygen atoms in total. The zero-order valence-electron chi connectivity index (χ0n) is 17.6. The van der Waals surface area contributed by atoms with Crippen LogP contribution in [0.15, 0.2) is 53.6 Å². The number of hydrogen-bond acceptors (Lipinski definition) is 5. The van der Waals surface area contributed by atoms with E-state index in [1.165, 1.54) is 17.2 Å². The van der Waals surface area contributed by atoms with E-state index < -0.39 is 5.92 Å². The average Bonchev–Trinajstić information content (AvgIpc) is 2.67. The molecule has 0 amide bonds. The Hall–Kier alpha value is -3.21. The summed E-state index contributed by atoms with van der Waals surface area (Å²) >= 11 is 0. The molecule has 30 heavy (non-hydrogen) atoms. The molecule has 0 aromatic heterocycles. The van der Waals surface area contributed by atoms with Crippen LogP contribution < -0.4 is 4.74 Å². The highest BCUT2D eigenvalue weighted by Gasteiger charge is 2.33. The zero-order valence-corrected chi connectivity index (χ0v) is 17.6. The number of aromatic hydroxyl groups is 3. The summed E-state index contributed by atoms with van der Waals surface area (Å²) < 4.78 is 5.63. The van der Waals surface area contributed by atoms with Crippen LogP contribution in [0.3, 0.4) is 0 Å². The van der Waals surface area contributed by atoms with E-state index in [0.29, 0.717) is 6.42 Å². The molecule has 0 radical (unpaired) electrons. The molecular weight excluding hydrogens is 380 g/mol. The SMILES string of the molecule is CC(C)=CCC/C(C)=C/Cc1cc([C@H]2COc3cc(O)cc(O)c3C2=O)ccc1O. The van der Waals surface area contributed by atoms with Crippen LogP contribution in [0.4, 0.5) is 0 Å². The second-order valence-electron chi connectivity index (χ2n) is 8.03. The number of ether oxygens (including phenoxy) is 1. The maximum atomic E-state index is 13.0. The highest BCUT2D eigenvalue weighted by Crippen LogP contribution is 2.40. The molecule has 1 aliphatic rings. The predicted octanol–water partition coefficient (Wildman–Crippen LogP) is 5.40. The third kappa shape index (κ3) is 4.85. The molecule has 0 saturated heterocycles. The molecule has 0 aliphatic carbocycles. The fourth-order valence-corrected chi connectivity index (χ4v) is 3.58. The summed E-state index contributed by atoms with van der Waals surface area (Å²) in [4.78, 5) is 13.0.